The third kappa shape index (κ3) is 3.74. The number of aliphatic hydroxyl groups excluding tert-OH is 1. The Balaban J connectivity index is 2.01. The van der Waals surface area contributed by atoms with Crippen molar-refractivity contribution in [1.29, 1.82) is 5.26 Å². The Hall–Kier alpha value is -2.81. The summed E-state index contributed by atoms with van der Waals surface area (Å²) in [5.41, 5.74) is -1.03. The van der Waals surface area contributed by atoms with E-state index in [1.807, 2.05) is 0 Å². The van der Waals surface area contributed by atoms with Crippen molar-refractivity contribution in [2.24, 2.45) is 7.05 Å². The maximum Gasteiger partial charge on any atom is 0.272 e. The maximum atomic E-state index is 14.3. The molecule has 1 aromatic heterocycles. The molecule has 1 aliphatic rings. The quantitative estimate of drug-likeness (QED) is 0.687. The minimum Gasteiger partial charge on any atom is -0.392 e. The fourth-order valence-electron chi connectivity index (χ4n) is 3.31. The van der Waals surface area contributed by atoms with Crippen molar-refractivity contribution in [3.05, 3.63) is 46.8 Å². The van der Waals surface area contributed by atoms with Crippen molar-refractivity contribution >= 4 is 21.6 Å². The molecule has 29 heavy (non-hydrogen) atoms. The van der Waals surface area contributed by atoms with Gasteiger partial charge in [-0.05, 0) is 31.9 Å². The maximum absolute atomic E-state index is 14.3. The number of rotatable bonds is 3. The van der Waals surface area contributed by atoms with Crippen LogP contribution in [0.5, 0.6) is 0 Å². The van der Waals surface area contributed by atoms with Crippen molar-refractivity contribution in [2.75, 3.05) is 5.32 Å². The molecule has 0 saturated carbocycles. The summed E-state index contributed by atoms with van der Waals surface area (Å²) in [5.74, 6) is -3.09. The predicted molar refractivity (Wildman–Crippen MR) is 98.6 cm³/mol. The Labute approximate surface area is 165 Å². The van der Waals surface area contributed by atoms with Crippen molar-refractivity contribution in [1.82, 2.24) is 9.29 Å². The van der Waals surface area contributed by atoms with Crippen LogP contribution in [0, 0.1) is 23.0 Å². The van der Waals surface area contributed by atoms with Gasteiger partial charge in [0.15, 0.2) is 5.82 Å². The minimum absolute atomic E-state index is 0.0150. The molecule has 0 aliphatic carbocycles. The van der Waals surface area contributed by atoms with Crippen molar-refractivity contribution in [3.63, 3.8) is 0 Å². The smallest absolute Gasteiger partial charge is 0.272 e. The van der Waals surface area contributed by atoms with E-state index < -0.39 is 51.0 Å². The average Bonchev–Trinajstić information content (AvgIpc) is 2.92. The number of aryl methyl sites for hydroxylation is 1. The van der Waals surface area contributed by atoms with E-state index in [9.17, 15) is 27.1 Å². The zero-order valence-corrected chi connectivity index (χ0v) is 16.3. The second kappa shape index (κ2) is 7.55. The summed E-state index contributed by atoms with van der Waals surface area (Å²) >= 11 is 0. The molecule has 0 spiro atoms. The van der Waals surface area contributed by atoms with E-state index in [0.717, 1.165) is 12.1 Å². The van der Waals surface area contributed by atoms with Crippen molar-refractivity contribution in [2.45, 2.75) is 36.8 Å². The number of hydrogen-bond donors (Lipinski definition) is 3. The number of sulfonamides is 1. The molecule has 1 aromatic carbocycles. The van der Waals surface area contributed by atoms with Gasteiger partial charge in [0.25, 0.3) is 5.91 Å². The summed E-state index contributed by atoms with van der Waals surface area (Å²) < 4.78 is 56.7. The molecule has 2 atom stereocenters. The number of aromatic nitrogens is 1. The van der Waals surface area contributed by atoms with Gasteiger partial charge >= 0.3 is 0 Å². The van der Waals surface area contributed by atoms with Gasteiger partial charge in [-0.1, -0.05) is 0 Å². The summed E-state index contributed by atoms with van der Waals surface area (Å²) in [7, 11) is -2.52. The van der Waals surface area contributed by atoms with E-state index in [1.165, 1.54) is 30.8 Å². The SMILES string of the molecule is C[C@H](O)[C@H]1CCc2c(cn(C)c2C(=O)Nc2ccc(F)c(C#N)c2F)S(=O)(=O)N1. The topological polar surface area (TPSA) is 124 Å². The van der Waals surface area contributed by atoms with Crippen LogP contribution in [0.2, 0.25) is 0 Å². The highest BCUT2D eigenvalue weighted by molar-refractivity contribution is 7.89. The number of halogens is 2. The van der Waals surface area contributed by atoms with Gasteiger partial charge in [0.05, 0.1) is 11.8 Å². The number of fused-ring (bicyclic) bond motifs is 1. The first-order chi connectivity index (χ1) is 13.6. The molecule has 0 bridgehead atoms. The summed E-state index contributed by atoms with van der Waals surface area (Å²) in [6.07, 6.45) is 0.754. The number of aliphatic hydroxyl groups is 1. The Kier molecular flexibility index (Phi) is 5.44. The number of benzene rings is 1. The van der Waals surface area contributed by atoms with Crippen molar-refractivity contribution in [3.8, 4) is 6.07 Å². The van der Waals surface area contributed by atoms with E-state index in [4.69, 9.17) is 5.26 Å². The number of hydrogen-bond acceptors (Lipinski definition) is 5. The molecule has 1 amide bonds. The molecule has 3 N–H and O–H groups in total. The third-order valence-corrected chi connectivity index (χ3v) is 6.34. The number of nitrogens with zero attached hydrogens (tertiary/aromatic N) is 2. The zero-order valence-electron chi connectivity index (χ0n) is 15.5. The first-order valence-electron chi connectivity index (χ1n) is 8.65. The normalized spacial score (nSPS) is 19.0. The highest BCUT2D eigenvalue weighted by atomic mass is 32.2. The summed E-state index contributed by atoms with van der Waals surface area (Å²) in [6.45, 7) is 1.46. The lowest BCUT2D eigenvalue weighted by atomic mass is 10.0. The number of anilines is 1. The molecular formula is C18H18F2N4O4S. The second-order valence-electron chi connectivity index (χ2n) is 6.79. The number of carbonyl (C=O) groups excluding carboxylic acids is 1. The van der Waals surface area contributed by atoms with Crippen LogP contribution < -0.4 is 10.0 Å². The molecule has 2 aromatic rings. The van der Waals surface area contributed by atoms with Crippen molar-refractivity contribution < 1.29 is 27.1 Å². The second-order valence-corrected chi connectivity index (χ2v) is 8.47. The van der Waals surface area contributed by atoms with Gasteiger partial charge in [-0.3, -0.25) is 4.79 Å². The number of nitriles is 1. The molecule has 0 saturated heterocycles. The van der Waals surface area contributed by atoms with Crippen LogP contribution in [-0.2, 0) is 23.5 Å². The number of carbonyl (C=O) groups is 1. The van der Waals surface area contributed by atoms with Crippen LogP contribution >= 0.6 is 0 Å². The standard InChI is InChI=1S/C18H18F2N4O4S/c1-9(25)13-5-3-10-15(29(27,28)23-13)8-24(2)17(10)18(26)22-14-6-4-12(19)11(7-21)16(14)20/h4,6,8-9,13,23,25H,3,5H2,1-2H3,(H,22,26)/t9-,13+/m0/s1. The molecule has 0 fully saturated rings. The minimum atomic E-state index is -3.98. The van der Waals surface area contributed by atoms with Crippen LogP contribution in [0.3, 0.4) is 0 Å². The average molecular weight is 424 g/mol. The van der Waals surface area contributed by atoms with Gasteiger partial charge in [-0.25, -0.2) is 21.9 Å². The molecule has 3 rings (SSSR count). The lowest BCUT2D eigenvalue weighted by molar-refractivity contribution is 0.101. The monoisotopic (exact) mass is 424 g/mol. The van der Waals surface area contributed by atoms with Gasteiger partial charge < -0.3 is 15.0 Å². The molecule has 8 nitrogen and oxygen atoms in total. The van der Waals surface area contributed by atoms with E-state index in [1.54, 1.807) is 0 Å². The molecule has 154 valence electrons. The van der Waals surface area contributed by atoms with Crippen LogP contribution in [0.25, 0.3) is 0 Å². The lowest BCUT2D eigenvalue weighted by Gasteiger charge is -2.18. The molecule has 0 unspecified atom stereocenters. The first kappa shape index (κ1) is 20.9. The number of amides is 1. The largest absolute Gasteiger partial charge is 0.392 e. The van der Waals surface area contributed by atoms with E-state index in [0.29, 0.717) is 0 Å². The highest BCUT2D eigenvalue weighted by Crippen LogP contribution is 2.29. The first-order valence-corrected chi connectivity index (χ1v) is 10.1. The van der Waals surface area contributed by atoms with Gasteiger partial charge in [-0.15, -0.1) is 0 Å². The predicted octanol–water partition coefficient (Wildman–Crippen LogP) is 1.40. The highest BCUT2D eigenvalue weighted by Gasteiger charge is 2.34. The Bertz CT molecular complexity index is 1140. The van der Waals surface area contributed by atoms with Crippen LogP contribution in [-0.4, -0.2) is 36.1 Å². The van der Waals surface area contributed by atoms with Crippen LogP contribution in [0.1, 0.15) is 35.0 Å². The zero-order chi connectivity index (χ0) is 21.5. The summed E-state index contributed by atoms with van der Waals surface area (Å²) in [4.78, 5) is 12.7. The van der Waals surface area contributed by atoms with Crippen LogP contribution in [0.15, 0.2) is 23.2 Å². The Morgan fingerprint density at radius 1 is 1.45 bits per heavy atom. The van der Waals surface area contributed by atoms with E-state index in [2.05, 4.69) is 10.0 Å². The Morgan fingerprint density at radius 3 is 2.76 bits per heavy atom. The molecule has 0 radical (unpaired) electrons. The fraction of sp³-hybridized carbons (Fsp3) is 0.333. The Morgan fingerprint density at radius 2 is 2.14 bits per heavy atom. The number of nitrogens with one attached hydrogen (secondary N) is 2. The molecular weight excluding hydrogens is 406 g/mol. The molecule has 2 heterocycles. The molecule has 1 aliphatic heterocycles. The van der Waals surface area contributed by atoms with Gasteiger partial charge in [0.2, 0.25) is 10.0 Å². The van der Waals surface area contributed by atoms with Gasteiger partial charge in [0, 0.05) is 24.8 Å². The summed E-state index contributed by atoms with van der Waals surface area (Å²) in [6, 6.07) is 2.50. The van der Waals surface area contributed by atoms with E-state index in [-0.39, 0.29) is 29.0 Å². The summed E-state index contributed by atoms with van der Waals surface area (Å²) in [5, 5.41) is 20.9. The fourth-order valence-corrected chi connectivity index (χ4v) is 4.97. The van der Waals surface area contributed by atoms with Gasteiger partial charge in [-0.2, -0.15) is 5.26 Å². The molecule has 11 heteroatoms. The van der Waals surface area contributed by atoms with Gasteiger partial charge in [0.1, 0.15) is 28.0 Å². The van der Waals surface area contributed by atoms with E-state index >= 15 is 0 Å². The third-order valence-electron chi connectivity index (χ3n) is 4.80. The lowest BCUT2D eigenvalue weighted by Crippen LogP contribution is -2.40. The van der Waals surface area contributed by atoms with Crippen LogP contribution in [0.4, 0.5) is 14.5 Å².